The van der Waals surface area contributed by atoms with Gasteiger partial charge in [-0.05, 0) is 67.5 Å². The highest BCUT2D eigenvalue weighted by Gasteiger charge is 2.36. The number of ether oxygens (including phenoxy) is 1. The van der Waals surface area contributed by atoms with E-state index in [1.165, 1.54) is 33.8 Å². The number of aromatic nitrogens is 1. The van der Waals surface area contributed by atoms with Crippen molar-refractivity contribution in [1.29, 1.82) is 0 Å². The number of nitrogens with one attached hydrogen (secondary N) is 1. The first-order chi connectivity index (χ1) is 15.7. The Morgan fingerprint density at radius 1 is 1.22 bits per heavy atom. The number of aryl methyl sites for hydroxylation is 1. The highest BCUT2D eigenvalue weighted by Crippen LogP contribution is 2.44. The van der Waals surface area contributed by atoms with E-state index in [2.05, 4.69) is 34.3 Å². The van der Waals surface area contributed by atoms with E-state index in [-0.39, 0.29) is 12.1 Å². The number of carbonyl (C=O) groups excluding carboxylic acids is 1. The number of hydrogen-bond donors (Lipinski definition) is 1. The molecular formula is C25H28ClN3O2S. The molecule has 0 bridgehead atoms. The second-order valence-corrected chi connectivity index (χ2v) is 9.98. The van der Waals surface area contributed by atoms with Crippen LogP contribution in [0.15, 0.2) is 42.6 Å². The van der Waals surface area contributed by atoms with Crippen LogP contribution in [0.2, 0.25) is 5.02 Å². The molecule has 3 aromatic rings. The molecule has 168 valence electrons. The van der Waals surface area contributed by atoms with Crippen molar-refractivity contribution in [3.8, 4) is 5.00 Å². The van der Waals surface area contributed by atoms with Gasteiger partial charge in [0.2, 0.25) is 0 Å². The number of carbonyl (C=O) groups is 1. The standard InChI is InChI=1S/C25H28ClN3O2S/c1-31-14-6-12-27-25(30)29-16-20-19-9-2-3-11-22(19)32-24(20)28-13-5-10-21(28)23(29)17-7-4-8-18(26)15-17/h4-5,7-8,10,13,15,23H,2-3,6,9,11-12,14,16H2,1H3,(H,27,30)/t23-/m1/s1. The van der Waals surface area contributed by atoms with Crippen molar-refractivity contribution in [2.24, 2.45) is 0 Å². The zero-order valence-corrected chi connectivity index (χ0v) is 19.8. The molecule has 2 amide bonds. The predicted molar refractivity (Wildman–Crippen MR) is 129 cm³/mol. The zero-order valence-electron chi connectivity index (χ0n) is 18.3. The van der Waals surface area contributed by atoms with Crippen LogP contribution in [0, 0.1) is 0 Å². The lowest BCUT2D eigenvalue weighted by atomic mass is 9.95. The van der Waals surface area contributed by atoms with Crippen LogP contribution >= 0.6 is 22.9 Å². The summed E-state index contributed by atoms with van der Waals surface area (Å²) in [6.07, 6.45) is 7.63. The summed E-state index contributed by atoms with van der Waals surface area (Å²) in [4.78, 5) is 17.0. The average Bonchev–Trinajstić information content (AvgIpc) is 3.38. The molecule has 0 spiro atoms. The van der Waals surface area contributed by atoms with Crippen molar-refractivity contribution in [2.75, 3.05) is 20.3 Å². The second kappa shape index (κ2) is 9.30. The van der Waals surface area contributed by atoms with Gasteiger partial charge in [-0.15, -0.1) is 11.3 Å². The summed E-state index contributed by atoms with van der Waals surface area (Å²) < 4.78 is 7.44. The van der Waals surface area contributed by atoms with E-state index in [9.17, 15) is 4.79 Å². The van der Waals surface area contributed by atoms with E-state index in [4.69, 9.17) is 16.3 Å². The SMILES string of the molecule is COCCCNC(=O)N1Cc2c(sc3c2CCCC3)-n2cccc2[C@H]1c1cccc(Cl)c1. The maximum absolute atomic E-state index is 13.5. The molecule has 1 N–H and O–H groups in total. The normalized spacial score (nSPS) is 17.3. The predicted octanol–water partition coefficient (Wildman–Crippen LogP) is 5.72. The van der Waals surface area contributed by atoms with Crippen LogP contribution in [0.4, 0.5) is 4.79 Å². The largest absolute Gasteiger partial charge is 0.385 e. The summed E-state index contributed by atoms with van der Waals surface area (Å²) in [6.45, 7) is 1.81. The van der Waals surface area contributed by atoms with E-state index in [0.29, 0.717) is 24.7 Å². The molecule has 1 atom stereocenters. The number of amides is 2. The quantitative estimate of drug-likeness (QED) is 0.485. The number of urea groups is 1. The Hall–Kier alpha value is -2.28. The second-order valence-electron chi connectivity index (χ2n) is 8.46. The number of fused-ring (bicyclic) bond motifs is 5. The highest BCUT2D eigenvalue weighted by atomic mass is 35.5. The van der Waals surface area contributed by atoms with Crippen molar-refractivity contribution >= 4 is 29.0 Å². The van der Waals surface area contributed by atoms with Gasteiger partial charge in [-0.3, -0.25) is 0 Å². The summed E-state index contributed by atoms with van der Waals surface area (Å²) in [5.74, 6) is 0. The van der Waals surface area contributed by atoms with Gasteiger partial charge in [-0.2, -0.15) is 0 Å². The van der Waals surface area contributed by atoms with Gasteiger partial charge in [0.15, 0.2) is 0 Å². The Bertz CT molecular complexity index is 1120. The monoisotopic (exact) mass is 469 g/mol. The molecule has 2 aromatic heterocycles. The van der Waals surface area contributed by atoms with Gasteiger partial charge in [-0.25, -0.2) is 4.79 Å². The number of methoxy groups -OCH3 is 1. The molecule has 0 fully saturated rings. The Morgan fingerprint density at radius 2 is 2.09 bits per heavy atom. The summed E-state index contributed by atoms with van der Waals surface area (Å²) in [7, 11) is 1.68. The Labute approximate surface area is 197 Å². The topological polar surface area (TPSA) is 46.5 Å². The molecule has 0 unspecified atom stereocenters. The van der Waals surface area contributed by atoms with Crippen molar-refractivity contribution in [3.05, 3.63) is 74.9 Å². The summed E-state index contributed by atoms with van der Waals surface area (Å²) >= 11 is 8.28. The molecule has 1 aliphatic carbocycles. The minimum Gasteiger partial charge on any atom is -0.385 e. The minimum atomic E-state index is -0.218. The maximum Gasteiger partial charge on any atom is 0.318 e. The maximum atomic E-state index is 13.5. The van der Waals surface area contributed by atoms with Crippen molar-refractivity contribution in [3.63, 3.8) is 0 Å². The van der Waals surface area contributed by atoms with E-state index in [1.807, 2.05) is 34.4 Å². The van der Waals surface area contributed by atoms with Gasteiger partial charge >= 0.3 is 6.03 Å². The summed E-state index contributed by atoms with van der Waals surface area (Å²) in [5, 5.41) is 5.06. The Kier molecular flexibility index (Phi) is 6.26. The van der Waals surface area contributed by atoms with Crippen molar-refractivity contribution in [2.45, 2.75) is 44.7 Å². The fourth-order valence-corrected chi connectivity index (χ4v) is 6.53. The molecule has 3 heterocycles. The summed E-state index contributed by atoms with van der Waals surface area (Å²) in [5.41, 5.74) is 4.88. The average molecular weight is 470 g/mol. The van der Waals surface area contributed by atoms with Crippen LogP contribution in [0.3, 0.4) is 0 Å². The molecule has 5 nitrogen and oxygen atoms in total. The van der Waals surface area contributed by atoms with Crippen molar-refractivity contribution < 1.29 is 9.53 Å². The molecular weight excluding hydrogens is 442 g/mol. The molecule has 32 heavy (non-hydrogen) atoms. The number of halogens is 1. The van der Waals surface area contributed by atoms with Gasteiger partial charge < -0.3 is 19.5 Å². The van der Waals surface area contributed by atoms with Crippen LogP contribution < -0.4 is 5.32 Å². The minimum absolute atomic E-state index is 0.0533. The first-order valence-electron chi connectivity index (χ1n) is 11.3. The zero-order chi connectivity index (χ0) is 22.1. The molecule has 0 radical (unpaired) electrons. The molecule has 0 saturated carbocycles. The summed E-state index contributed by atoms with van der Waals surface area (Å²) in [6, 6.07) is 11.8. The lowest BCUT2D eigenvalue weighted by Gasteiger charge is -2.31. The Morgan fingerprint density at radius 3 is 2.94 bits per heavy atom. The van der Waals surface area contributed by atoms with Crippen molar-refractivity contribution in [1.82, 2.24) is 14.8 Å². The van der Waals surface area contributed by atoms with E-state index in [1.54, 1.807) is 7.11 Å². The molecule has 1 aliphatic heterocycles. The van der Waals surface area contributed by atoms with Crippen LogP contribution in [0.5, 0.6) is 0 Å². The fraction of sp³-hybridized carbons (Fsp3) is 0.400. The number of benzene rings is 1. The van der Waals surface area contributed by atoms with E-state index >= 15 is 0 Å². The number of rotatable bonds is 5. The lowest BCUT2D eigenvalue weighted by Crippen LogP contribution is -2.42. The molecule has 7 heteroatoms. The molecule has 0 saturated heterocycles. The highest BCUT2D eigenvalue weighted by molar-refractivity contribution is 7.15. The third-order valence-corrected chi connectivity index (χ3v) is 7.97. The number of thiophene rings is 1. The van der Waals surface area contributed by atoms with E-state index < -0.39 is 0 Å². The van der Waals surface area contributed by atoms with Gasteiger partial charge in [-0.1, -0.05) is 23.7 Å². The van der Waals surface area contributed by atoms with Gasteiger partial charge in [0.25, 0.3) is 0 Å². The van der Waals surface area contributed by atoms with Crippen LogP contribution in [0.25, 0.3) is 5.00 Å². The smallest absolute Gasteiger partial charge is 0.318 e. The molecule has 2 aliphatic rings. The third kappa shape index (κ3) is 3.96. The van der Waals surface area contributed by atoms with Crippen LogP contribution in [-0.2, 0) is 24.1 Å². The fourth-order valence-electron chi connectivity index (χ4n) is 4.93. The first kappa shape index (κ1) is 21.6. The Balaban J connectivity index is 1.60. The van der Waals surface area contributed by atoms with Gasteiger partial charge in [0, 0.05) is 41.9 Å². The van der Waals surface area contributed by atoms with Crippen LogP contribution in [0.1, 0.15) is 52.6 Å². The van der Waals surface area contributed by atoms with Crippen LogP contribution in [-0.4, -0.2) is 35.8 Å². The number of nitrogens with zero attached hydrogens (tertiary/aromatic N) is 2. The first-order valence-corrected chi connectivity index (χ1v) is 12.5. The number of hydrogen-bond acceptors (Lipinski definition) is 3. The molecule has 1 aromatic carbocycles. The van der Waals surface area contributed by atoms with Gasteiger partial charge in [0.1, 0.15) is 5.00 Å². The van der Waals surface area contributed by atoms with E-state index in [0.717, 1.165) is 30.5 Å². The lowest BCUT2D eigenvalue weighted by molar-refractivity contribution is 0.174. The third-order valence-electron chi connectivity index (χ3n) is 6.41. The van der Waals surface area contributed by atoms with Gasteiger partial charge in [0.05, 0.1) is 18.3 Å². The molecule has 5 rings (SSSR count).